The lowest BCUT2D eigenvalue weighted by Crippen LogP contribution is -2.51. The van der Waals surface area contributed by atoms with E-state index in [0.717, 1.165) is 34.5 Å². The van der Waals surface area contributed by atoms with Crippen molar-refractivity contribution in [1.82, 2.24) is 10.2 Å². The van der Waals surface area contributed by atoms with Gasteiger partial charge in [0.2, 0.25) is 28.6 Å². The quantitative estimate of drug-likeness (QED) is 0.473. The summed E-state index contributed by atoms with van der Waals surface area (Å²) >= 11 is 0. The average Bonchev–Trinajstić information content (AvgIpc) is 3.29. The molecule has 1 atom stereocenters. The van der Waals surface area contributed by atoms with E-state index in [-0.39, 0.29) is 24.9 Å². The number of hydrogen-bond acceptors (Lipinski definition) is 6. The Hall–Kier alpha value is -3.27. The van der Waals surface area contributed by atoms with Crippen LogP contribution in [0.2, 0.25) is 0 Å². The van der Waals surface area contributed by atoms with Gasteiger partial charge in [0, 0.05) is 19.2 Å². The first-order valence-corrected chi connectivity index (χ1v) is 13.4. The molecule has 0 saturated carbocycles. The highest BCUT2D eigenvalue weighted by Crippen LogP contribution is 2.36. The largest absolute Gasteiger partial charge is 0.454 e. The number of nitrogens with one attached hydrogen (secondary N) is 1. The molecule has 0 bridgehead atoms. The van der Waals surface area contributed by atoms with E-state index < -0.39 is 28.5 Å². The zero-order chi connectivity index (χ0) is 25.6. The van der Waals surface area contributed by atoms with E-state index >= 15 is 0 Å². The highest BCUT2D eigenvalue weighted by atomic mass is 32.2. The van der Waals surface area contributed by atoms with Gasteiger partial charge in [0.1, 0.15) is 12.6 Å². The van der Waals surface area contributed by atoms with Crippen molar-refractivity contribution in [1.29, 1.82) is 0 Å². The zero-order valence-electron chi connectivity index (χ0n) is 20.6. The van der Waals surface area contributed by atoms with Crippen LogP contribution in [0.15, 0.2) is 42.5 Å². The van der Waals surface area contributed by atoms with Crippen LogP contribution in [0.5, 0.6) is 11.5 Å². The molecule has 10 heteroatoms. The van der Waals surface area contributed by atoms with Crippen molar-refractivity contribution in [3.63, 3.8) is 0 Å². The third-order valence-electron chi connectivity index (χ3n) is 5.79. The minimum Gasteiger partial charge on any atom is -0.454 e. The predicted molar refractivity (Wildman–Crippen MR) is 134 cm³/mol. The number of carbonyl (C=O) groups excluding carboxylic acids is 2. The van der Waals surface area contributed by atoms with Crippen molar-refractivity contribution in [3.8, 4) is 11.5 Å². The molecule has 2 amide bonds. The summed E-state index contributed by atoms with van der Waals surface area (Å²) in [7, 11) is -3.82. The standard InChI is InChI=1S/C25H33N3O6S/c1-5-6-13-26-25(30)19(3)27(15-20-9-7-18(2)8-10-20)24(29)16-28(35(4,31)32)21-11-12-22-23(14-21)34-17-33-22/h7-12,14,19H,5-6,13,15-17H2,1-4H3,(H,26,30)/t19-/m1/s1. The first-order chi connectivity index (χ1) is 16.6. The SMILES string of the molecule is CCCCNC(=O)[C@@H](C)N(Cc1ccc(C)cc1)C(=O)CN(c1ccc2c(c1)OCO2)S(C)(=O)=O. The molecule has 2 aromatic carbocycles. The molecule has 2 aromatic rings. The summed E-state index contributed by atoms with van der Waals surface area (Å²) in [6, 6.07) is 11.5. The zero-order valence-corrected chi connectivity index (χ0v) is 21.4. The molecule has 9 nitrogen and oxygen atoms in total. The van der Waals surface area contributed by atoms with E-state index in [1.165, 1.54) is 11.0 Å². The van der Waals surface area contributed by atoms with Gasteiger partial charge in [-0.3, -0.25) is 13.9 Å². The third kappa shape index (κ3) is 6.88. The molecule has 1 heterocycles. The second-order valence-electron chi connectivity index (χ2n) is 8.63. The van der Waals surface area contributed by atoms with Crippen molar-refractivity contribution in [2.24, 2.45) is 0 Å². The van der Waals surface area contributed by atoms with Crippen LogP contribution in [-0.4, -0.2) is 57.3 Å². The first kappa shape index (κ1) is 26.3. The molecular weight excluding hydrogens is 470 g/mol. The van der Waals surface area contributed by atoms with E-state index in [4.69, 9.17) is 9.47 Å². The fraction of sp³-hybridized carbons (Fsp3) is 0.440. The number of anilines is 1. The molecule has 0 spiro atoms. The summed E-state index contributed by atoms with van der Waals surface area (Å²) < 4.78 is 37.0. The minimum absolute atomic E-state index is 0.0472. The number of aryl methyl sites for hydroxylation is 1. The number of hydrogen-bond donors (Lipinski definition) is 1. The van der Waals surface area contributed by atoms with Crippen molar-refractivity contribution in [2.75, 3.05) is 30.4 Å². The van der Waals surface area contributed by atoms with Gasteiger partial charge in [-0.1, -0.05) is 43.2 Å². The van der Waals surface area contributed by atoms with E-state index in [2.05, 4.69) is 5.32 Å². The predicted octanol–water partition coefficient (Wildman–Crippen LogP) is 2.82. The van der Waals surface area contributed by atoms with E-state index in [1.807, 2.05) is 38.1 Å². The molecule has 1 aliphatic heterocycles. The van der Waals surface area contributed by atoms with Crippen LogP contribution in [0.25, 0.3) is 0 Å². The van der Waals surface area contributed by atoms with Gasteiger partial charge in [-0.05, 0) is 38.0 Å². The van der Waals surface area contributed by atoms with Crippen molar-refractivity contribution in [3.05, 3.63) is 53.6 Å². The molecule has 1 N–H and O–H groups in total. The van der Waals surface area contributed by atoms with Gasteiger partial charge in [0.05, 0.1) is 11.9 Å². The Morgan fingerprint density at radius 2 is 1.77 bits per heavy atom. The first-order valence-electron chi connectivity index (χ1n) is 11.6. The van der Waals surface area contributed by atoms with Gasteiger partial charge < -0.3 is 19.7 Å². The second kappa shape index (κ2) is 11.4. The number of carbonyl (C=O) groups is 2. The number of benzene rings is 2. The van der Waals surface area contributed by atoms with Crippen LogP contribution in [0.4, 0.5) is 5.69 Å². The van der Waals surface area contributed by atoms with E-state index in [1.54, 1.807) is 19.1 Å². The molecule has 0 fully saturated rings. The summed E-state index contributed by atoms with van der Waals surface area (Å²) in [5.41, 5.74) is 2.19. The Bertz CT molecular complexity index is 1150. The number of sulfonamides is 1. The molecule has 0 aliphatic carbocycles. The normalized spacial score (nSPS) is 13.3. The van der Waals surface area contributed by atoms with Crippen molar-refractivity contribution in [2.45, 2.75) is 46.2 Å². The number of fused-ring (bicyclic) bond motifs is 1. The van der Waals surface area contributed by atoms with Crippen LogP contribution in [0.3, 0.4) is 0 Å². The van der Waals surface area contributed by atoms with Crippen LogP contribution in [0, 0.1) is 6.92 Å². The molecule has 1 aliphatic rings. The lowest BCUT2D eigenvalue weighted by Gasteiger charge is -2.31. The summed E-state index contributed by atoms with van der Waals surface area (Å²) in [5, 5.41) is 2.86. The van der Waals surface area contributed by atoms with Gasteiger partial charge >= 0.3 is 0 Å². The maximum Gasteiger partial charge on any atom is 0.244 e. The molecular formula is C25H33N3O6S. The Balaban J connectivity index is 1.87. The molecule has 0 aromatic heterocycles. The van der Waals surface area contributed by atoms with E-state index in [0.29, 0.717) is 18.0 Å². The Labute approximate surface area is 207 Å². The van der Waals surface area contributed by atoms with Crippen LogP contribution in [0.1, 0.15) is 37.8 Å². The van der Waals surface area contributed by atoms with Crippen LogP contribution < -0.4 is 19.1 Å². The maximum atomic E-state index is 13.5. The van der Waals surface area contributed by atoms with Gasteiger partial charge in [-0.15, -0.1) is 0 Å². The smallest absolute Gasteiger partial charge is 0.244 e. The number of amides is 2. The lowest BCUT2D eigenvalue weighted by molar-refractivity contribution is -0.139. The fourth-order valence-electron chi connectivity index (χ4n) is 3.66. The highest BCUT2D eigenvalue weighted by molar-refractivity contribution is 7.92. The van der Waals surface area contributed by atoms with Gasteiger partial charge in [0.25, 0.3) is 0 Å². The molecule has 0 unspecified atom stereocenters. The fourth-order valence-corrected chi connectivity index (χ4v) is 4.50. The monoisotopic (exact) mass is 503 g/mol. The number of unbranched alkanes of at least 4 members (excludes halogenated alkanes) is 1. The van der Waals surface area contributed by atoms with Crippen LogP contribution >= 0.6 is 0 Å². The Morgan fingerprint density at radius 3 is 2.43 bits per heavy atom. The topological polar surface area (TPSA) is 105 Å². The van der Waals surface area contributed by atoms with E-state index in [9.17, 15) is 18.0 Å². The molecule has 0 radical (unpaired) electrons. The Kier molecular flexibility index (Phi) is 8.61. The number of nitrogens with zero attached hydrogens (tertiary/aromatic N) is 2. The van der Waals surface area contributed by atoms with Crippen LogP contribution in [-0.2, 0) is 26.2 Å². The molecule has 35 heavy (non-hydrogen) atoms. The Morgan fingerprint density at radius 1 is 1.09 bits per heavy atom. The van der Waals surface area contributed by atoms with Gasteiger partial charge in [-0.2, -0.15) is 0 Å². The third-order valence-corrected chi connectivity index (χ3v) is 6.93. The number of ether oxygens (including phenoxy) is 2. The second-order valence-corrected chi connectivity index (χ2v) is 10.5. The summed E-state index contributed by atoms with van der Waals surface area (Å²) in [5.74, 6) is 0.135. The molecule has 190 valence electrons. The summed E-state index contributed by atoms with van der Waals surface area (Å²) in [6.45, 7) is 5.91. The lowest BCUT2D eigenvalue weighted by atomic mass is 10.1. The highest BCUT2D eigenvalue weighted by Gasteiger charge is 2.30. The van der Waals surface area contributed by atoms with Gasteiger partial charge in [-0.25, -0.2) is 8.42 Å². The van der Waals surface area contributed by atoms with Crippen molar-refractivity contribution >= 4 is 27.5 Å². The molecule has 0 saturated heterocycles. The minimum atomic E-state index is -3.82. The molecule has 3 rings (SSSR count). The average molecular weight is 504 g/mol. The number of rotatable bonds is 11. The summed E-state index contributed by atoms with van der Waals surface area (Å²) in [6.07, 6.45) is 2.80. The summed E-state index contributed by atoms with van der Waals surface area (Å²) in [4.78, 5) is 27.8. The van der Waals surface area contributed by atoms with Gasteiger partial charge in [0.15, 0.2) is 11.5 Å². The maximum absolute atomic E-state index is 13.5. The van der Waals surface area contributed by atoms with Crippen molar-refractivity contribution < 1.29 is 27.5 Å².